The Kier molecular flexibility index (Phi) is 6.10. The summed E-state index contributed by atoms with van der Waals surface area (Å²) in [5, 5.41) is 2.75. The maximum atomic E-state index is 12.6. The van der Waals surface area contributed by atoms with Crippen LogP contribution in [0.2, 0.25) is 0 Å². The van der Waals surface area contributed by atoms with E-state index in [1.54, 1.807) is 57.7 Å². The molecule has 0 radical (unpaired) electrons. The predicted octanol–water partition coefficient (Wildman–Crippen LogP) is 3.82. The summed E-state index contributed by atoms with van der Waals surface area (Å²) in [5.41, 5.74) is 1.52. The lowest BCUT2D eigenvalue weighted by Crippen LogP contribution is -2.33. The van der Waals surface area contributed by atoms with Crippen LogP contribution in [0.5, 0.6) is 17.2 Å². The first kappa shape index (κ1) is 19.6. The van der Waals surface area contributed by atoms with E-state index in [-0.39, 0.29) is 17.8 Å². The number of hydrogen-bond donors (Lipinski definition) is 1. The third-order valence-electron chi connectivity index (χ3n) is 4.11. The van der Waals surface area contributed by atoms with Crippen molar-refractivity contribution in [3.63, 3.8) is 0 Å². The molecule has 146 valence electrons. The summed E-state index contributed by atoms with van der Waals surface area (Å²) in [7, 11) is 4.69. The van der Waals surface area contributed by atoms with Crippen molar-refractivity contribution in [2.24, 2.45) is 0 Å². The number of ether oxygens (including phenoxy) is 3. The van der Waals surface area contributed by atoms with Gasteiger partial charge in [0.2, 0.25) is 0 Å². The van der Waals surface area contributed by atoms with Crippen LogP contribution in [0.4, 0.5) is 10.5 Å². The van der Waals surface area contributed by atoms with Gasteiger partial charge in [0.25, 0.3) is 11.1 Å². The number of rotatable bonds is 7. The molecule has 0 aromatic heterocycles. The van der Waals surface area contributed by atoms with Gasteiger partial charge >= 0.3 is 0 Å². The third-order valence-corrected chi connectivity index (χ3v) is 5.02. The van der Waals surface area contributed by atoms with Crippen LogP contribution < -0.4 is 19.5 Å². The van der Waals surface area contributed by atoms with Gasteiger partial charge in [0.1, 0.15) is 5.75 Å². The lowest BCUT2D eigenvalue weighted by molar-refractivity contribution is -0.122. The quantitative estimate of drug-likeness (QED) is 0.708. The molecule has 1 fully saturated rings. The van der Waals surface area contributed by atoms with Gasteiger partial charge in [-0.3, -0.25) is 14.5 Å². The summed E-state index contributed by atoms with van der Waals surface area (Å²) in [4.78, 5) is 26.4. The van der Waals surface area contributed by atoms with Crippen LogP contribution in [0.15, 0.2) is 47.4 Å². The molecule has 0 bridgehead atoms. The molecule has 1 heterocycles. The Morgan fingerprint density at radius 3 is 2.32 bits per heavy atom. The number of amides is 2. The first-order chi connectivity index (χ1) is 13.5. The van der Waals surface area contributed by atoms with E-state index in [1.165, 1.54) is 4.90 Å². The maximum Gasteiger partial charge on any atom is 0.295 e. The molecule has 0 saturated carbocycles. The van der Waals surface area contributed by atoms with Crippen LogP contribution in [0.1, 0.15) is 5.56 Å². The molecule has 1 aliphatic heterocycles. The smallest absolute Gasteiger partial charge is 0.295 e. The van der Waals surface area contributed by atoms with Gasteiger partial charge < -0.3 is 19.5 Å². The second-order valence-electron chi connectivity index (χ2n) is 5.79. The minimum Gasteiger partial charge on any atom is -0.497 e. The molecule has 0 aliphatic carbocycles. The molecule has 0 atom stereocenters. The number of anilines is 1. The average Bonchev–Trinajstić information content (AvgIpc) is 2.99. The fourth-order valence-corrected chi connectivity index (χ4v) is 3.45. The minimum atomic E-state index is -0.342. The van der Waals surface area contributed by atoms with E-state index in [4.69, 9.17) is 14.2 Å². The molecule has 1 aliphatic rings. The highest BCUT2D eigenvalue weighted by atomic mass is 32.2. The Morgan fingerprint density at radius 2 is 1.68 bits per heavy atom. The second-order valence-corrected chi connectivity index (χ2v) is 6.78. The summed E-state index contributed by atoms with van der Waals surface area (Å²) in [6, 6.07) is 12.5. The van der Waals surface area contributed by atoms with Crippen molar-refractivity contribution >= 4 is 34.7 Å². The summed E-state index contributed by atoms with van der Waals surface area (Å²) in [6.45, 7) is 0.0836. The van der Waals surface area contributed by atoms with Crippen LogP contribution in [-0.4, -0.2) is 44.0 Å². The normalized spacial score (nSPS) is 15.1. The van der Waals surface area contributed by atoms with Gasteiger partial charge in [0.15, 0.2) is 11.5 Å². The highest BCUT2D eigenvalue weighted by Gasteiger charge is 2.34. The van der Waals surface area contributed by atoms with E-state index < -0.39 is 0 Å². The van der Waals surface area contributed by atoms with Gasteiger partial charge in [0.05, 0.1) is 32.9 Å². The SMILES string of the molecule is COc1ccc(NCN2C(=O)S/C(=C/c3ccc(OC)c(OC)c3)C2=O)cc1. The number of imide groups is 1. The van der Waals surface area contributed by atoms with Gasteiger partial charge in [-0.1, -0.05) is 6.07 Å². The molecule has 2 aromatic rings. The first-order valence-electron chi connectivity index (χ1n) is 8.41. The number of thioether (sulfide) groups is 1. The van der Waals surface area contributed by atoms with E-state index >= 15 is 0 Å². The summed E-state index contributed by atoms with van der Waals surface area (Å²) in [6.07, 6.45) is 1.67. The van der Waals surface area contributed by atoms with E-state index in [0.29, 0.717) is 16.4 Å². The number of hydrogen-bond acceptors (Lipinski definition) is 7. The largest absolute Gasteiger partial charge is 0.497 e. The molecule has 1 N–H and O–H groups in total. The van der Waals surface area contributed by atoms with E-state index in [2.05, 4.69) is 5.32 Å². The topological polar surface area (TPSA) is 77.1 Å². The van der Waals surface area contributed by atoms with Gasteiger partial charge in [-0.25, -0.2) is 0 Å². The van der Waals surface area contributed by atoms with Crippen molar-refractivity contribution in [3.05, 3.63) is 52.9 Å². The van der Waals surface area contributed by atoms with Crippen LogP contribution in [0.25, 0.3) is 6.08 Å². The second kappa shape index (κ2) is 8.71. The molecule has 0 spiro atoms. The van der Waals surface area contributed by atoms with Crippen molar-refractivity contribution in [1.82, 2.24) is 4.90 Å². The monoisotopic (exact) mass is 400 g/mol. The number of methoxy groups -OCH3 is 3. The average molecular weight is 400 g/mol. The van der Waals surface area contributed by atoms with Crippen LogP contribution >= 0.6 is 11.8 Å². The van der Waals surface area contributed by atoms with Crippen LogP contribution in [-0.2, 0) is 4.79 Å². The highest BCUT2D eigenvalue weighted by molar-refractivity contribution is 8.18. The zero-order chi connectivity index (χ0) is 20.1. The predicted molar refractivity (Wildman–Crippen MR) is 109 cm³/mol. The molecule has 28 heavy (non-hydrogen) atoms. The summed E-state index contributed by atoms with van der Waals surface area (Å²) < 4.78 is 15.6. The summed E-state index contributed by atoms with van der Waals surface area (Å²) in [5.74, 6) is 1.54. The van der Waals surface area contributed by atoms with Gasteiger partial charge in [-0.15, -0.1) is 0 Å². The molecule has 2 amide bonds. The fraction of sp³-hybridized carbons (Fsp3) is 0.200. The maximum absolute atomic E-state index is 12.6. The molecule has 7 nitrogen and oxygen atoms in total. The number of nitrogens with one attached hydrogen (secondary N) is 1. The lowest BCUT2D eigenvalue weighted by Gasteiger charge is -2.14. The lowest BCUT2D eigenvalue weighted by atomic mass is 10.2. The van der Waals surface area contributed by atoms with Crippen molar-refractivity contribution in [1.29, 1.82) is 0 Å². The Morgan fingerprint density at radius 1 is 0.964 bits per heavy atom. The van der Waals surface area contributed by atoms with Gasteiger partial charge in [-0.2, -0.15) is 0 Å². The molecular formula is C20H20N2O5S. The third kappa shape index (κ3) is 4.23. The van der Waals surface area contributed by atoms with Gasteiger partial charge in [-0.05, 0) is 59.8 Å². The minimum absolute atomic E-state index is 0.0836. The number of carbonyl (C=O) groups excluding carboxylic acids is 2. The van der Waals surface area contributed by atoms with Crippen LogP contribution in [0, 0.1) is 0 Å². The van der Waals surface area contributed by atoms with Crippen molar-refractivity contribution in [2.75, 3.05) is 33.3 Å². The molecular weight excluding hydrogens is 380 g/mol. The summed E-state index contributed by atoms with van der Waals surface area (Å²) >= 11 is 0.908. The van der Waals surface area contributed by atoms with Crippen molar-refractivity contribution in [2.45, 2.75) is 0 Å². The number of nitrogens with zero attached hydrogens (tertiary/aromatic N) is 1. The van der Waals surface area contributed by atoms with E-state index in [0.717, 1.165) is 28.8 Å². The Bertz CT molecular complexity index is 911. The van der Waals surface area contributed by atoms with Gasteiger partial charge in [0, 0.05) is 5.69 Å². The van der Waals surface area contributed by atoms with Crippen LogP contribution in [0.3, 0.4) is 0 Å². The van der Waals surface area contributed by atoms with E-state index in [9.17, 15) is 9.59 Å². The van der Waals surface area contributed by atoms with Crippen molar-refractivity contribution in [3.8, 4) is 17.2 Å². The standard InChI is InChI=1S/C20H20N2O5S/c1-25-15-7-5-14(6-8-15)21-12-22-19(23)18(28-20(22)24)11-13-4-9-16(26-2)17(10-13)27-3/h4-11,21H,12H2,1-3H3/b18-11+. The fourth-order valence-electron chi connectivity index (χ4n) is 2.61. The number of benzene rings is 2. The molecule has 8 heteroatoms. The van der Waals surface area contributed by atoms with E-state index in [1.807, 2.05) is 12.1 Å². The zero-order valence-electron chi connectivity index (χ0n) is 15.7. The molecule has 1 saturated heterocycles. The number of carbonyl (C=O) groups is 2. The Balaban J connectivity index is 1.71. The Labute approximate surface area is 167 Å². The zero-order valence-corrected chi connectivity index (χ0v) is 16.5. The first-order valence-corrected chi connectivity index (χ1v) is 9.22. The Hall–Kier alpha value is -3.13. The highest BCUT2D eigenvalue weighted by Crippen LogP contribution is 2.34. The molecule has 0 unspecified atom stereocenters. The molecule has 2 aromatic carbocycles. The molecule has 3 rings (SSSR count). The van der Waals surface area contributed by atoms with Crippen molar-refractivity contribution < 1.29 is 23.8 Å².